The summed E-state index contributed by atoms with van der Waals surface area (Å²) in [6, 6.07) is 8.17. The molecular weight excluding hydrogens is 334 g/mol. The lowest BCUT2D eigenvalue weighted by molar-refractivity contribution is -0.121. The molecule has 1 fully saturated rings. The third kappa shape index (κ3) is 4.42. The van der Waals surface area contributed by atoms with Crippen molar-refractivity contribution in [1.29, 1.82) is 0 Å². The summed E-state index contributed by atoms with van der Waals surface area (Å²) in [4.78, 5) is 12.5. The van der Waals surface area contributed by atoms with Gasteiger partial charge in [-0.2, -0.15) is 0 Å². The van der Waals surface area contributed by atoms with E-state index in [-0.39, 0.29) is 17.2 Å². The molecule has 3 unspecified atom stereocenters. The maximum Gasteiger partial charge on any atom is 0.277 e. The summed E-state index contributed by atoms with van der Waals surface area (Å²) < 4.78 is 5.74. The number of nitrogens with one attached hydrogen (secondary N) is 1. The minimum absolute atomic E-state index is 0.0411. The molecule has 0 spiro atoms. The first kappa shape index (κ1) is 18.0. The second kappa shape index (κ2) is 8.04. The van der Waals surface area contributed by atoms with Gasteiger partial charge in [0.2, 0.25) is 11.8 Å². The number of carbonyl (C=O) groups is 1. The Labute approximate surface area is 153 Å². The molecule has 2 aromatic rings. The van der Waals surface area contributed by atoms with Gasteiger partial charge in [0.25, 0.3) is 5.22 Å². The molecule has 1 aliphatic rings. The Hall–Kier alpha value is -1.82. The topological polar surface area (TPSA) is 68.0 Å². The van der Waals surface area contributed by atoms with Crippen LogP contribution in [0.4, 0.5) is 0 Å². The molecule has 1 aromatic heterocycles. The van der Waals surface area contributed by atoms with Crippen molar-refractivity contribution >= 4 is 17.7 Å². The summed E-state index contributed by atoms with van der Waals surface area (Å²) in [5.41, 5.74) is 2.01. The Morgan fingerprint density at radius 3 is 2.80 bits per heavy atom. The minimum Gasteiger partial charge on any atom is -0.411 e. The van der Waals surface area contributed by atoms with Crippen LogP contribution in [0.15, 0.2) is 33.9 Å². The number of benzene rings is 1. The molecule has 1 aliphatic carbocycles. The minimum atomic E-state index is -0.265. The number of hydrogen-bond acceptors (Lipinski definition) is 5. The van der Waals surface area contributed by atoms with Crippen LogP contribution in [-0.4, -0.2) is 27.4 Å². The second-order valence-electron chi connectivity index (χ2n) is 6.82. The zero-order chi connectivity index (χ0) is 17.8. The van der Waals surface area contributed by atoms with Crippen molar-refractivity contribution in [3.05, 3.63) is 29.8 Å². The first-order valence-corrected chi connectivity index (χ1v) is 9.79. The predicted octanol–water partition coefficient (Wildman–Crippen LogP) is 4.22. The maximum atomic E-state index is 12.5. The van der Waals surface area contributed by atoms with E-state index in [1.54, 1.807) is 0 Å². The van der Waals surface area contributed by atoms with Crippen molar-refractivity contribution in [2.75, 3.05) is 0 Å². The highest BCUT2D eigenvalue weighted by molar-refractivity contribution is 8.00. The highest BCUT2D eigenvalue weighted by Gasteiger charge is 2.26. The summed E-state index contributed by atoms with van der Waals surface area (Å²) in [6.45, 7) is 6.10. The van der Waals surface area contributed by atoms with Crippen molar-refractivity contribution in [1.82, 2.24) is 15.5 Å². The van der Waals surface area contributed by atoms with Crippen LogP contribution < -0.4 is 5.32 Å². The van der Waals surface area contributed by atoms with Gasteiger partial charge in [-0.25, -0.2) is 0 Å². The van der Waals surface area contributed by atoms with E-state index in [0.717, 1.165) is 17.5 Å². The van der Waals surface area contributed by atoms with Crippen LogP contribution in [0.3, 0.4) is 0 Å². The third-order valence-electron chi connectivity index (χ3n) is 4.87. The molecule has 0 aliphatic heterocycles. The molecule has 5 nitrogen and oxygen atoms in total. The molecule has 0 bridgehead atoms. The SMILES string of the molecule is Cc1ccccc1-c1nnc(SC(C)C(=O)NC2CCCCC2C)o1. The highest BCUT2D eigenvalue weighted by Crippen LogP contribution is 2.29. The zero-order valence-electron chi connectivity index (χ0n) is 15.0. The highest BCUT2D eigenvalue weighted by atomic mass is 32.2. The van der Waals surface area contributed by atoms with Gasteiger partial charge in [0.1, 0.15) is 0 Å². The van der Waals surface area contributed by atoms with Gasteiger partial charge >= 0.3 is 0 Å². The summed E-state index contributed by atoms with van der Waals surface area (Å²) in [5, 5.41) is 11.6. The smallest absolute Gasteiger partial charge is 0.277 e. The Morgan fingerprint density at radius 1 is 1.28 bits per heavy atom. The fraction of sp³-hybridized carbons (Fsp3) is 0.526. The standard InChI is InChI=1S/C19H25N3O2S/c1-12-8-4-6-10-15(12)18-21-22-19(24-18)25-14(3)17(23)20-16-11-7-5-9-13(16)2/h4,6,8,10,13-14,16H,5,7,9,11H2,1-3H3,(H,20,23). The summed E-state index contributed by atoms with van der Waals surface area (Å²) >= 11 is 1.31. The molecule has 25 heavy (non-hydrogen) atoms. The summed E-state index contributed by atoms with van der Waals surface area (Å²) in [7, 11) is 0. The van der Waals surface area contributed by atoms with Crippen molar-refractivity contribution in [2.24, 2.45) is 5.92 Å². The average Bonchev–Trinajstić information content (AvgIpc) is 3.05. The van der Waals surface area contributed by atoms with Crippen molar-refractivity contribution in [2.45, 2.75) is 63.0 Å². The molecule has 0 radical (unpaired) electrons. The lowest BCUT2D eigenvalue weighted by Gasteiger charge is -2.30. The molecule has 0 saturated heterocycles. The van der Waals surface area contributed by atoms with Crippen molar-refractivity contribution in [3.63, 3.8) is 0 Å². The van der Waals surface area contributed by atoms with Gasteiger partial charge in [0.05, 0.1) is 5.25 Å². The van der Waals surface area contributed by atoms with Gasteiger partial charge in [-0.15, -0.1) is 10.2 Å². The number of carbonyl (C=O) groups excluding carboxylic acids is 1. The van der Waals surface area contributed by atoms with E-state index in [4.69, 9.17) is 4.42 Å². The van der Waals surface area contributed by atoms with Gasteiger partial charge in [-0.3, -0.25) is 4.79 Å². The van der Waals surface area contributed by atoms with Gasteiger partial charge in [-0.1, -0.05) is 49.7 Å². The number of amides is 1. The van der Waals surface area contributed by atoms with E-state index in [1.165, 1.54) is 31.0 Å². The average molecular weight is 359 g/mol. The second-order valence-corrected chi connectivity index (χ2v) is 8.12. The molecule has 1 amide bonds. The number of thioether (sulfide) groups is 1. The van der Waals surface area contributed by atoms with Crippen LogP contribution in [-0.2, 0) is 4.79 Å². The first-order chi connectivity index (χ1) is 12.0. The molecule has 1 aromatic carbocycles. The Kier molecular flexibility index (Phi) is 5.78. The predicted molar refractivity (Wildman–Crippen MR) is 99.4 cm³/mol. The molecule has 1 saturated carbocycles. The quantitative estimate of drug-likeness (QED) is 0.810. The lowest BCUT2D eigenvalue weighted by Crippen LogP contribution is -2.44. The number of aryl methyl sites for hydroxylation is 1. The Morgan fingerprint density at radius 2 is 2.04 bits per heavy atom. The number of rotatable bonds is 5. The van der Waals surface area contributed by atoms with Gasteiger partial charge in [0, 0.05) is 11.6 Å². The van der Waals surface area contributed by atoms with Crippen molar-refractivity contribution < 1.29 is 9.21 Å². The van der Waals surface area contributed by atoms with Crippen LogP contribution in [0, 0.1) is 12.8 Å². The van der Waals surface area contributed by atoms with E-state index in [1.807, 2.05) is 38.1 Å². The molecule has 3 atom stereocenters. The largest absolute Gasteiger partial charge is 0.411 e. The van der Waals surface area contributed by atoms with E-state index < -0.39 is 0 Å². The van der Waals surface area contributed by atoms with Crippen LogP contribution in [0.2, 0.25) is 0 Å². The number of aromatic nitrogens is 2. The van der Waals surface area contributed by atoms with E-state index in [0.29, 0.717) is 17.0 Å². The van der Waals surface area contributed by atoms with Gasteiger partial charge in [-0.05, 0) is 44.2 Å². The zero-order valence-corrected chi connectivity index (χ0v) is 15.8. The number of nitrogens with zero attached hydrogens (tertiary/aromatic N) is 2. The number of hydrogen-bond donors (Lipinski definition) is 1. The molecule has 3 rings (SSSR count). The lowest BCUT2D eigenvalue weighted by atomic mass is 9.86. The summed E-state index contributed by atoms with van der Waals surface area (Å²) in [6.07, 6.45) is 4.72. The monoisotopic (exact) mass is 359 g/mol. The van der Waals surface area contributed by atoms with Crippen molar-refractivity contribution in [3.8, 4) is 11.5 Å². The fourth-order valence-electron chi connectivity index (χ4n) is 3.21. The molecule has 6 heteroatoms. The van der Waals surface area contributed by atoms with E-state index in [9.17, 15) is 4.79 Å². The van der Waals surface area contributed by atoms with Crippen LogP contribution in [0.25, 0.3) is 11.5 Å². The van der Waals surface area contributed by atoms with E-state index >= 15 is 0 Å². The van der Waals surface area contributed by atoms with Crippen LogP contribution in [0.1, 0.15) is 45.1 Å². The van der Waals surface area contributed by atoms with E-state index in [2.05, 4.69) is 22.4 Å². The molecular formula is C19H25N3O2S. The molecule has 1 heterocycles. The Bertz CT molecular complexity index is 731. The molecule has 1 N–H and O–H groups in total. The van der Waals surface area contributed by atoms with Crippen LogP contribution >= 0.6 is 11.8 Å². The first-order valence-electron chi connectivity index (χ1n) is 8.91. The fourth-order valence-corrected chi connectivity index (χ4v) is 3.91. The van der Waals surface area contributed by atoms with Gasteiger partial charge in [0.15, 0.2) is 0 Å². The maximum absolute atomic E-state index is 12.5. The summed E-state index contributed by atoms with van der Waals surface area (Å²) in [5.74, 6) is 1.08. The molecule has 134 valence electrons. The normalized spacial score (nSPS) is 21.7. The third-order valence-corrected chi connectivity index (χ3v) is 5.80. The Balaban J connectivity index is 1.60. The van der Waals surface area contributed by atoms with Crippen LogP contribution in [0.5, 0.6) is 0 Å². The van der Waals surface area contributed by atoms with Gasteiger partial charge < -0.3 is 9.73 Å².